The molecular weight excluding hydrogens is 388 g/mol. The molecule has 0 amide bonds. The van der Waals surface area contributed by atoms with Gasteiger partial charge in [0.1, 0.15) is 11.5 Å². The number of halogens is 1. The van der Waals surface area contributed by atoms with Gasteiger partial charge in [-0.05, 0) is 49.4 Å². The molecule has 0 fully saturated rings. The van der Waals surface area contributed by atoms with E-state index in [2.05, 4.69) is 30.6 Å². The number of carbonyl (C=O) groups excluding carboxylic acids is 1. The third-order valence-electron chi connectivity index (χ3n) is 3.37. The monoisotopic (exact) mass is 402 g/mol. The zero-order chi connectivity index (χ0) is 17.8. The van der Waals surface area contributed by atoms with E-state index in [1.165, 1.54) is 7.11 Å². The van der Waals surface area contributed by atoms with Crippen LogP contribution in [0.4, 0.5) is 0 Å². The Morgan fingerprint density at radius 1 is 1.08 bits per heavy atom. The van der Waals surface area contributed by atoms with E-state index < -0.39 is 12.1 Å². The Kier molecular flexibility index (Phi) is 5.14. The molecule has 128 valence electrons. The summed E-state index contributed by atoms with van der Waals surface area (Å²) in [6.45, 7) is 1.62. The SMILES string of the molecule is COC(=O)C(C)Oc1ccc(Oc2cnc3cc(Br)ccc3n2)cc1. The predicted molar refractivity (Wildman–Crippen MR) is 95.9 cm³/mol. The summed E-state index contributed by atoms with van der Waals surface area (Å²) in [5, 5.41) is 0. The molecule has 1 heterocycles. The second-order valence-electron chi connectivity index (χ2n) is 5.20. The molecule has 2 aromatic carbocycles. The number of hydrogen-bond acceptors (Lipinski definition) is 6. The highest BCUT2D eigenvalue weighted by Crippen LogP contribution is 2.25. The van der Waals surface area contributed by atoms with Crippen LogP contribution in [-0.4, -0.2) is 29.2 Å². The van der Waals surface area contributed by atoms with Gasteiger partial charge in [0.25, 0.3) is 0 Å². The van der Waals surface area contributed by atoms with Gasteiger partial charge in [-0.1, -0.05) is 15.9 Å². The Morgan fingerprint density at radius 3 is 2.52 bits per heavy atom. The Bertz CT molecular complexity index is 899. The number of nitrogens with zero attached hydrogens (tertiary/aromatic N) is 2. The van der Waals surface area contributed by atoms with Crippen molar-refractivity contribution in [1.29, 1.82) is 0 Å². The molecule has 3 rings (SSSR count). The molecule has 1 atom stereocenters. The number of methoxy groups -OCH3 is 1. The average Bonchev–Trinajstić information content (AvgIpc) is 2.62. The van der Waals surface area contributed by atoms with Gasteiger partial charge in [-0.3, -0.25) is 0 Å². The highest BCUT2D eigenvalue weighted by atomic mass is 79.9. The molecule has 25 heavy (non-hydrogen) atoms. The fourth-order valence-corrected chi connectivity index (χ4v) is 2.49. The number of esters is 1. The molecule has 3 aromatic rings. The van der Waals surface area contributed by atoms with Crippen LogP contribution < -0.4 is 9.47 Å². The molecule has 0 radical (unpaired) electrons. The van der Waals surface area contributed by atoms with Crippen molar-refractivity contribution in [3.05, 3.63) is 53.1 Å². The van der Waals surface area contributed by atoms with Crippen LogP contribution in [0.25, 0.3) is 11.0 Å². The molecule has 1 aromatic heterocycles. The largest absolute Gasteiger partial charge is 0.479 e. The summed E-state index contributed by atoms with van der Waals surface area (Å²) < 4.78 is 16.8. The van der Waals surface area contributed by atoms with Crippen molar-refractivity contribution in [1.82, 2.24) is 9.97 Å². The molecule has 0 N–H and O–H groups in total. The molecule has 0 bridgehead atoms. The van der Waals surface area contributed by atoms with E-state index in [9.17, 15) is 4.79 Å². The predicted octanol–water partition coefficient (Wildman–Crippen LogP) is 4.12. The summed E-state index contributed by atoms with van der Waals surface area (Å²) in [7, 11) is 1.32. The molecule has 0 aliphatic heterocycles. The number of fused-ring (bicyclic) bond motifs is 1. The third kappa shape index (κ3) is 4.24. The number of aromatic nitrogens is 2. The lowest BCUT2D eigenvalue weighted by Gasteiger charge is -2.12. The lowest BCUT2D eigenvalue weighted by atomic mass is 10.3. The number of hydrogen-bond donors (Lipinski definition) is 0. The van der Waals surface area contributed by atoms with Gasteiger partial charge >= 0.3 is 5.97 Å². The van der Waals surface area contributed by atoms with Crippen LogP contribution >= 0.6 is 15.9 Å². The van der Waals surface area contributed by atoms with Crippen molar-refractivity contribution < 1.29 is 19.0 Å². The van der Waals surface area contributed by atoms with Crippen molar-refractivity contribution in [2.75, 3.05) is 7.11 Å². The van der Waals surface area contributed by atoms with Crippen LogP contribution in [0.1, 0.15) is 6.92 Å². The van der Waals surface area contributed by atoms with E-state index in [1.807, 2.05) is 18.2 Å². The van der Waals surface area contributed by atoms with Gasteiger partial charge < -0.3 is 14.2 Å². The fraction of sp³-hybridized carbons (Fsp3) is 0.167. The zero-order valence-electron chi connectivity index (χ0n) is 13.6. The van der Waals surface area contributed by atoms with Crippen molar-refractivity contribution in [3.8, 4) is 17.4 Å². The number of ether oxygens (including phenoxy) is 3. The summed E-state index contributed by atoms with van der Waals surface area (Å²) in [6, 6.07) is 12.5. The molecule has 7 heteroatoms. The first-order valence-electron chi connectivity index (χ1n) is 7.50. The van der Waals surface area contributed by atoms with Gasteiger partial charge in [-0.15, -0.1) is 0 Å². The average molecular weight is 403 g/mol. The van der Waals surface area contributed by atoms with E-state index in [-0.39, 0.29) is 0 Å². The first kappa shape index (κ1) is 17.2. The summed E-state index contributed by atoms with van der Waals surface area (Å²) in [5.74, 6) is 1.09. The van der Waals surface area contributed by atoms with E-state index in [0.717, 1.165) is 15.5 Å². The van der Waals surface area contributed by atoms with Crippen LogP contribution in [0.2, 0.25) is 0 Å². The second kappa shape index (κ2) is 7.48. The Balaban J connectivity index is 1.71. The summed E-state index contributed by atoms with van der Waals surface area (Å²) in [4.78, 5) is 20.1. The lowest BCUT2D eigenvalue weighted by molar-refractivity contribution is -0.147. The van der Waals surface area contributed by atoms with Crippen LogP contribution in [0, 0.1) is 0 Å². The molecule has 6 nitrogen and oxygen atoms in total. The van der Waals surface area contributed by atoms with E-state index in [0.29, 0.717) is 17.4 Å². The first-order valence-corrected chi connectivity index (χ1v) is 8.29. The minimum absolute atomic E-state index is 0.395. The van der Waals surface area contributed by atoms with Crippen LogP contribution in [0.15, 0.2) is 53.1 Å². The molecule has 0 aliphatic carbocycles. The summed E-state index contributed by atoms with van der Waals surface area (Å²) in [5.41, 5.74) is 1.52. The van der Waals surface area contributed by atoms with Crippen molar-refractivity contribution in [3.63, 3.8) is 0 Å². The lowest BCUT2D eigenvalue weighted by Crippen LogP contribution is -2.24. The number of benzene rings is 2. The zero-order valence-corrected chi connectivity index (χ0v) is 15.2. The maximum absolute atomic E-state index is 11.4. The van der Waals surface area contributed by atoms with Gasteiger partial charge in [0.2, 0.25) is 5.88 Å². The number of carbonyl (C=O) groups is 1. The molecule has 0 spiro atoms. The van der Waals surface area contributed by atoms with Gasteiger partial charge in [-0.25, -0.2) is 14.8 Å². The molecular formula is C18H15BrN2O4. The number of rotatable bonds is 5. The smallest absolute Gasteiger partial charge is 0.346 e. The Labute approximate surface area is 152 Å². The van der Waals surface area contributed by atoms with Crippen molar-refractivity contribution in [2.24, 2.45) is 0 Å². The van der Waals surface area contributed by atoms with Gasteiger partial charge in [0.15, 0.2) is 6.10 Å². The fourth-order valence-electron chi connectivity index (χ4n) is 2.14. The standard InChI is InChI=1S/C18H15BrN2O4/c1-11(18(22)23-2)24-13-4-6-14(7-5-13)25-17-10-20-16-9-12(19)3-8-15(16)21-17/h3-11H,1-2H3. The summed E-state index contributed by atoms with van der Waals surface area (Å²) >= 11 is 3.40. The molecule has 0 aliphatic rings. The van der Waals surface area contributed by atoms with Gasteiger partial charge in [-0.2, -0.15) is 0 Å². The Hall–Kier alpha value is -2.67. The topological polar surface area (TPSA) is 70.5 Å². The van der Waals surface area contributed by atoms with E-state index in [1.54, 1.807) is 37.4 Å². The highest BCUT2D eigenvalue weighted by molar-refractivity contribution is 9.10. The van der Waals surface area contributed by atoms with Crippen LogP contribution in [0.3, 0.4) is 0 Å². The quantitative estimate of drug-likeness (QED) is 0.597. The third-order valence-corrected chi connectivity index (χ3v) is 3.87. The van der Waals surface area contributed by atoms with Crippen molar-refractivity contribution in [2.45, 2.75) is 13.0 Å². The minimum atomic E-state index is -0.678. The van der Waals surface area contributed by atoms with Crippen molar-refractivity contribution >= 4 is 32.9 Å². The van der Waals surface area contributed by atoms with Crippen LogP contribution in [0.5, 0.6) is 17.4 Å². The van der Waals surface area contributed by atoms with Crippen LogP contribution in [-0.2, 0) is 9.53 Å². The van der Waals surface area contributed by atoms with E-state index in [4.69, 9.17) is 9.47 Å². The summed E-state index contributed by atoms with van der Waals surface area (Å²) in [6.07, 6.45) is 0.890. The molecule has 1 unspecified atom stereocenters. The maximum atomic E-state index is 11.4. The van der Waals surface area contributed by atoms with Gasteiger partial charge in [0, 0.05) is 4.47 Å². The second-order valence-corrected chi connectivity index (χ2v) is 6.11. The van der Waals surface area contributed by atoms with Gasteiger partial charge in [0.05, 0.1) is 24.3 Å². The molecule has 0 saturated carbocycles. The first-order chi connectivity index (χ1) is 12.0. The maximum Gasteiger partial charge on any atom is 0.346 e. The van der Waals surface area contributed by atoms with E-state index >= 15 is 0 Å². The molecule has 0 saturated heterocycles. The minimum Gasteiger partial charge on any atom is -0.479 e. The highest BCUT2D eigenvalue weighted by Gasteiger charge is 2.14. The Morgan fingerprint density at radius 2 is 1.80 bits per heavy atom. The normalized spacial score (nSPS) is 11.8.